The molecule has 0 spiro atoms. The smallest absolute Gasteiger partial charge is 0.222 e. The molecule has 0 aromatic heterocycles. The summed E-state index contributed by atoms with van der Waals surface area (Å²) in [5.74, 6) is -0.297. The first-order chi connectivity index (χ1) is 10.5. The van der Waals surface area contributed by atoms with Crippen LogP contribution in [0, 0.1) is 19.7 Å². The first kappa shape index (κ1) is 16.0. The van der Waals surface area contributed by atoms with Crippen molar-refractivity contribution in [2.45, 2.75) is 26.8 Å². The minimum Gasteiger partial charge on any atom is -0.385 e. The van der Waals surface area contributed by atoms with Crippen LogP contribution in [0.4, 0.5) is 10.1 Å². The zero-order valence-corrected chi connectivity index (χ0v) is 12.9. The van der Waals surface area contributed by atoms with E-state index < -0.39 is 0 Å². The number of benzene rings is 2. The van der Waals surface area contributed by atoms with Crippen LogP contribution in [-0.4, -0.2) is 12.5 Å². The quantitative estimate of drug-likeness (QED) is 0.856. The Labute approximate surface area is 130 Å². The molecule has 0 saturated heterocycles. The average Bonchev–Trinajstić information content (AvgIpc) is 2.46. The molecule has 0 aliphatic rings. The van der Waals surface area contributed by atoms with Gasteiger partial charge in [-0.1, -0.05) is 18.2 Å². The molecule has 4 heteroatoms. The molecule has 116 valence electrons. The molecule has 2 N–H and O–H groups in total. The van der Waals surface area contributed by atoms with Crippen molar-refractivity contribution >= 4 is 11.6 Å². The van der Waals surface area contributed by atoms with Crippen LogP contribution >= 0.6 is 0 Å². The van der Waals surface area contributed by atoms with Gasteiger partial charge < -0.3 is 10.6 Å². The summed E-state index contributed by atoms with van der Waals surface area (Å²) in [6, 6.07) is 12.4. The predicted molar refractivity (Wildman–Crippen MR) is 87.3 cm³/mol. The third-order valence-corrected chi connectivity index (χ3v) is 3.31. The standard InChI is InChI=1S/C18H21FN2O/c1-13-9-14(2)11-17(10-13)20-8-7-18(22)21-12-15-3-5-16(19)6-4-15/h3-6,9-11,20H,7-8,12H2,1-2H3,(H,21,22). The van der Waals surface area contributed by atoms with Crippen LogP contribution < -0.4 is 10.6 Å². The number of carbonyl (C=O) groups excluding carboxylic acids is 1. The van der Waals surface area contributed by atoms with Crippen LogP contribution in [0.15, 0.2) is 42.5 Å². The Morgan fingerprint density at radius 3 is 2.32 bits per heavy atom. The molecule has 3 nitrogen and oxygen atoms in total. The van der Waals surface area contributed by atoms with E-state index in [1.807, 2.05) is 13.8 Å². The average molecular weight is 300 g/mol. The van der Waals surface area contributed by atoms with Gasteiger partial charge in [-0.15, -0.1) is 0 Å². The summed E-state index contributed by atoms with van der Waals surface area (Å²) in [5, 5.41) is 6.08. The number of carbonyl (C=O) groups is 1. The van der Waals surface area contributed by atoms with Gasteiger partial charge in [0, 0.05) is 25.2 Å². The summed E-state index contributed by atoms with van der Waals surface area (Å²) in [4.78, 5) is 11.8. The fourth-order valence-corrected chi connectivity index (χ4v) is 2.29. The van der Waals surface area contributed by atoms with Crippen molar-refractivity contribution in [1.29, 1.82) is 0 Å². The molecule has 0 radical (unpaired) electrons. The van der Waals surface area contributed by atoms with Crippen molar-refractivity contribution in [3.63, 3.8) is 0 Å². The van der Waals surface area contributed by atoms with Gasteiger partial charge in [0.25, 0.3) is 0 Å². The van der Waals surface area contributed by atoms with Crippen LogP contribution in [0.25, 0.3) is 0 Å². The van der Waals surface area contributed by atoms with Crippen molar-refractivity contribution < 1.29 is 9.18 Å². The van der Waals surface area contributed by atoms with Crippen LogP contribution in [-0.2, 0) is 11.3 Å². The molecule has 0 atom stereocenters. The number of rotatable bonds is 6. The van der Waals surface area contributed by atoms with Crippen LogP contribution in [0.3, 0.4) is 0 Å². The number of amides is 1. The largest absolute Gasteiger partial charge is 0.385 e. The van der Waals surface area contributed by atoms with Crippen molar-refractivity contribution in [2.24, 2.45) is 0 Å². The Kier molecular flexibility index (Phi) is 5.53. The minimum absolute atomic E-state index is 0.0267. The van der Waals surface area contributed by atoms with E-state index in [9.17, 15) is 9.18 Å². The normalized spacial score (nSPS) is 10.3. The first-order valence-electron chi connectivity index (χ1n) is 7.36. The van der Waals surface area contributed by atoms with Gasteiger partial charge in [-0.25, -0.2) is 4.39 Å². The summed E-state index contributed by atoms with van der Waals surface area (Å²) in [7, 11) is 0. The van der Waals surface area contributed by atoms with E-state index in [1.165, 1.54) is 23.3 Å². The monoisotopic (exact) mass is 300 g/mol. The summed E-state index contributed by atoms with van der Waals surface area (Å²) in [6.45, 7) is 5.10. The Balaban J connectivity index is 1.72. The lowest BCUT2D eigenvalue weighted by molar-refractivity contribution is -0.121. The molecule has 0 fully saturated rings. The molecule has 0 saturated carbocycles. The maximum absolute atomic E-state index is 12.8. The third-order valence-electron chi connectivity index (χ3n) is 3.31. The van der Waals surface area contributed by atoms with Crippen molar-refractivity contribution in [1.82, 2.24) is 5.32 Å². The van der Waals surface area contributed by atoms with Crippen LogP contribution in [0.1, 0.15) is 23.1 Å². The zero-order chi connectivity index (χ0) is 15.9. The Bertz CT molecular complexity index is 618. The molecule has 0 bridgehead atoms. The number of aryl methyl sites for hydroxylation is 2. The Morgan fingerprint density at radius 2 is 1.68 bits per heavy atom. The molecule has 2 aromatic rings. The predicted octanol–water partition coefficient (Wildman–Crippen LogP) is 3.56. The van der Waals surface area contributed by atoms with E-state index in [0.717, 1.165) is 11.3 Å². The first-order valence-corrected chi connectivity index (χ1v) is 7.36. The molecule has 22 heavy (non-hydrogen) atoms. The molecule has 0 aliphatic carbocycles. The highest BCUT2D eigenvalue weighted by Crippen LogP contribution is 2.13. The van der Waals surface area contributed by atoms with Gasteiger partial charge in [-0.05, 0) is 54.8 Å². The molecule has 0 unspecified atom stereocenters. The second-order valence-electron chi connectivity index (χ2n) is 5.46. The van der Waals surface area contributed by atoms with E-state index >= 15 is 0 Å². The van der Waals surface area contributed by atoms with Crippen LogP contribution in [0.5, 0.6) is 0 Å². The second-order valence-corrected chi connectivity index (χ2v) is 5.46. The van der Waals surface area contributed by atoms with Gasteiger partial charge in [0.1, 0.15) is 5.82 Å². The van der Waals surface area contributed by atoms with Gasteiger partial charge >= 0.3 is 0 Å². The number of halogens is 1. The SMILES string of the molecule is Cc1cc(C)cc(NCCC(=O)NCc2ccc(F)cc2)c1. The topological polar surface area (TPSA) is 41.1 Å². The van der Waals surface area contributed by atoms with E-state index in [-0.39, 0.29) is 11.7 Å². The fraction of sp³-hybridized carbons (Fsp3) is 0.278. The number of hydrogen-bond acceptors (Lipinski definition) is 2. The van der Waals surface area contributed by atoms with E-state index in [4.69, 9.17) is 0 Å². The van der Waals surface area contributed by atoms with Crippen molar-refractivity contribution in [3.8, 4) is 0 Å². The molecular formula is C18H21FN2O. The van der Waals surface area contributed by atoms with Crippen molar-refractivity contribution in [3.05, 3.63) is 65.0 Å². The Hall–Kier alpha value is -2.36. The molecule has 2 aromatic carbocycles. The molecular weight excluding hydrogens is 279 g/mol. The lowest BCUT2D eigenvalue weighted by atomic mass is 10.1. The summed E-state index contributed by atoms with van der Waals surface area (Å²) >= 11 is 0. The van der Waals surface area contributed by atoms with Gasteiger partial charge in [-0.3, -0.25) is 4.79 Å². The summed E-state index contributed by atoms with van der Waals surface area (Å²) in [6.07, 6.45) is 0.397. The van der Waals surface area contributed by atoms with E-state index in [2.05, 4.69) is 28.8 Å². The van der Waals surface area contributed by atoms with Gasteiger partial charge in [-0.2, -0.15) is 0 Å². The summed E-state index contributed by atoms with van der Waals surface area (Å²) < 4.78 is 12.8. The van der Waals surface area contributed by atoms with Crippen LogP contribution in [0.2, 0.25) is 0 Å². The highest BCUT2D eigenvalue weighted by molar-refractivity contribution is 5.76. The Morgan fingerprint density at radius 1 is 1.05 bits per heavy atom. The number of hydrogen-bond donors (Lipinski definition) is 2. The second kappa shape index (κ2) is 7.59. The zero-order valence-electron chi connectivity index (χ0n) is 12.9. The number of anilines is 1. The third kappa shape index (κ3) is 5.20. The van der Waals surface area contributed by atoms with E-state index in [0.29, 0.717) is 19.5 Å². The van der Waals surface area contributed by atoms with Gasteiger partial charge in [0.05, 0.1) is 0 Å². The fourth-order valence-electron chi connectivity index (χ4n) is 2.29. The van der Waals surface area contributed by atoms with Gasteiger partial charge in [0.2, 0.25) is 5.91 Å². The van der Waals surface area contributed by atoms with E-state index in [1.54, 1.807) is 12.1 Å². The maximum atomic E-state index is 12.8. The molecule has 0 aliphatic heterocycles. The lowest BCUT2D eigenvalue weighted by Gasteiger charge is -2.09. The maximum Gasteiger partial charge on any atom is 0.222 e. The number of nitrogens with one attached hydrogen (secondary N) is 2. The minimum atomic E-state index is -0.271. The highest BCUT2D eigenvalue weighted by Gasteiger charge is 2.02. The van der Waals surface area contributed by atoms with Crippen molar-refractivity contribution in [2.75, 3.05) is 11.9 Å². The lowest BCUT2D eigenvalue weighted by Crippen LogP contribution is -2.24. The summed E-state index contributed by atoms with van der Waals surface area (Å²) in [5.41, 5.74) is 4.31. The molecule has 1 amide bonds. The highest BCUT2D eigenvalue weighted by atomic mass is 19.1. The molecule has 2 rings (SSSR count). The molecule has 0 heterocycles. The van der Waals surface area contributed by atoms with Gasteiger partial charge in [0.15, 0.2) is 0 Å².